The molecule has 2 atom stereocenters. The van der Waals surface area contributed by atoms with Crippen LogP contribution in [0.1, 0.15) is 54.1 Å². The van der Waals surface area contributed by atoms with Gasteiger partial charge in [0.2, 0.25) is 5.91 Å². The topological polar surface area (TPSA) is 142 Å². The van der Waals surface area contributed by atoms with E-state index < -0.39 is 23.8 Å². The second-order valence-electron chi connectivity index (χ2n) is 9.85. The number of rotatable bonds is 10. The van der Waals surface area contributed by atoms with Crippen molar-refractivity contribution in [1.29, 1.82) is 0 Å². The van der Waals surface area contributed by atoms with E-state index in [0.717, 1.165) is 18.4 Å². The minimum absolute atomic E-state index is 0.161. The number of hydrogen-bond donors (Lipinski definition) is 4. The Bertz CT molecular complexity index is 1400. The molecule has 9 nitrogen and oxygen atoms in total. The molecular formula is C31H32N2O7. The predicted molar refractivity (Wildman–Crippen MR) is 150 cm³/mol. The molecule has 1 aliphatic rings. The van der Waals surface area contributed by atoms with Crippen LogP contribution in [0.4, 0.5) is 11.4 Å². The van der Waals surface area contributed by atoms with Crippen LogP contribution in [0.3, 0.4) is 0 Å². The Morgan fingerprint density at radius 1 is 0.850 bits per heavy atom. The van der Waals surface area contributed by atoms with Gasteiger partial charge in [0.25, 0.3) is 5.91 Å². The fraction of sp³-hybridized carbons (Fsp3) is 0.290. The van der Waals surface area contributed by atoms with Gasteiger partial charge in [-0.2, -0.15) is 0 Å². The van der Waals surface area contributed by atoms with Crippen LogP contribution in [-0.4, -0.2) is 34.0 Å². The number of carbonyl (C=O) groups excluding carboxylic acids is 2. The first-order valence-corrected chi connectivity index (χ1v) is 13.3. The van der Waals surface area contributed by atoms with E-state index in [-0.39, 0.29) is 18.2 Å². The Morgan fingerprint density at radius 2 is 1.55 bits per heavy atom. The first-order valence-electron chi connectivity index (χ1n) is 13.3. The van der Waals surface area contributed by atoms with E-state index in [1.165, 1.54) is 0 Å². The Balaban J connectivity index is 1.39. The zero-order valence-electron chi connectivity index (χ0n) is 22.2. The third-order valence-electron chi connectivity index (χ3n) is 7.01. The molecule has 4 N–H and O–H groups in total. The quantitative estimate of drug-likeness (QED) is 0.255. The molecule has 0 radical (unpaired) electrons. The highest BCUT2D eigenvalue weighted by molar-refractivity contribution is 6.04. The smallest absolute Gasteiger partial charge is 0.307 e. The molecule has 1 fully saturated rings. The molecular weight excluding hydrogens is 512 g/mol. The largest absolute Gasteiger partial charge is 0.481 e. The number of aryl methyl sites for hydroxylation is 1. The van der Waals surface area contributed by atoms with Crippen LogP contribution in [0.25, 0.3) is 0 Å². The Labute approximate surface area is 232 Å². The fourth-order valence-electron chi connectivity index (χ4n) is 4.94. The average Bonchev–Trinajstić information content (AvgIpc) is 2.94. The summed E-state index contributed by atoms with van der Waals surface area (Å²) in [4.78, 5) is 48.0. The molecule has 208 valence electrons. The minimum Gasteiger partial charge on any atom is -0.481 e. The van der Waals surface area contributed by atoms with Crippen molar-refractivity contribution in [3.8, 4) is 11.5 Å². The number of hydrogen-bond acceptors (Lipinski definition) is 5. The summed E-state index contributed by atoms with van der Waals surface area (Å²) in [5, 5.41) is 24.2. The van der Waals surface area contributed by atoms with Crippen LogP contribution in [-0.2, 0) is 27.2 Å². The second kappa shape index (κ2) is 12.9. The molecule has 2 amide bonds. The van der Waals surface area contributed by atoms with Gasteiger partial charge in [-0.15, -0.1) is 0 Å². The van der Waals surface area contributed by atoms with E-state index in [9.17, 15) is 24.3 Å². The Hall–Kier alpha value is -4.66. The molecule has 9 heteroatoms. The molecule has 0 saturated heterocycles. The molecule has 0 heterocycles. The van der Waals surface area contributed by atoms with Crippen molar-refractivity contribution in [2.24, 2.45) is 11.8 Å². The number of carboxylic acids is 2. The Kier molecular flexibility index (Phi) is 9.16. The number of amides is 2. The van der Waals surface area contributed by atoms with E-state index in [0.29, 0.717) is 53.3 Å². The van der Waals surface area contributed by atoms with Gasteiger partial charge >= 0.3 is 11.9 Å². The molecule has 0 bridgehead atoms. The fourth-order valence-corrected chi connectivity index (χ4v) is 4.94. The van der Waals surface area contributed by atoms with Crippen molar-refractivity contribution < 1.29 is 34.1 Å². The zero-order chi connectivity index (χ0) is 28.6. The molecule has 0 aliphatic heterocycles. The molecule has 0 spiro atoms. The summed E-state index contributed by atoms with van der Waals surface area (Å²) in [6, 6.07) is 18.7. The summed E-state index contributed by atoms with van der Waals surface area (Å²) in [7, 11) is 0. The van der Waals surface area contributed by atoms with Crippen LogP contribution in [0, 0.1) is 11.8 Å². The maximum atomic E-state index is 12.9. The van der Waals surface area contributed by atoms with E-state index >= 15 is 0 Å². The molecule has 1 aliphatic carbocycles. The second-order valence-corrected chi connectivity index (χ2v) is 9.85. The van der Waals surface area contributed by atoms with Gasteiger partial charge in [-0.3, -0.25) is 19.2 Å². The van der Waals surface area contributed by atoms with Crippen molar-refractivity contribution in [2.75, 3.05) is 10.6 Å². The van der Waals surface area contributed by atoms with Gasteiger partial charge in [-0.25, -0.2) is 0 Å². The minimum atomic E-state index is -0.966. The highest BCUT2D eigenvalue weighted by Gasteiger charge is 2.35. The molecule has 2 unspecified atom stereocenters. The summed E-state index contributed by atoms with van der Waals surface area (Å²) in [5.41, 5.74) is 2.92. The lowest BCUT2D eigenvalue weighted by atomic mass is 9.78. The van der Waals surface area contributed by atoms with E-state index in [1.807, 2.05) is 13.0 Å². The van der Waals surface area contributed by atoms with Gasteiger partial charge < -0.3 is 25.6 Å². The van der Waals surface area contributed by atoms with Crippen molar-refractivity contribution >= 4 is 35.1 Å². The van der Waals surface area contributed by atoms with Crippen molar-refractivity contribution in [2.45, 2.75) is 45.4 Å². The SMILES string of the molecule is CCc1cc(NC(=O)C2CCCCC2C(=O)O)ccc1Oc1ccc(NC(=O)c2cccc(CC(=O)O)c2)cc1. The highest BCUT2D eigenvalue weighted by Crippen LogP contribution is 2.33. The number of nitrogens with one attached hydrogen (secondary N) is 2. The number of carboxylic acid groups (broad SMARTS) is 2. The van der Waals surface area contributed by atoms with Crippen molar-refractivity contribution in [3.05, 3.63) is 83.4 Å². The van der Waals surface area contributed by atoms with Crippen molar-refractivity contribution in [1.82, 2.24) is 0 Å². The van der Waals surface area contributed by atoms with Gasteiger partial charge in [-0.1, -0.05) is 31.9 Å². The Morgan fingerprint density at radius 3 is 2.23 bits per heavy atom. The third kappa shape index (κ3) is 7.25. The van der Waals surface area contributed by atoms with Gasteiger partial charge in [0.05, 0.1) is 18.3 Å². The van der Waals surface area contributed by atoms with E-state index in [4.69, 9.17) is 9.84 Å². The maximum absolute atomic E-state index is 12.9. The summed E-state index contributed by atoms with van der Waals surface area (Å²) < 4.78 is 6.06. The van der Waals surface area contributed by atoms with Crippen LogP contribution >= 0.6 is 0 Å². The number of ether oxygens (including phenoxy) is 1. The lowest BCUT2D eigenvalue weighted by Crippen LogP contribution is -2.36. The number of benzene rings is 3. The first-order chi connectivity index (χ1) is 19.2. The lowest BCUT2D eigenvalue weighted by molar-refractivity contribution is -0.147. The number of carbonyl (C=O) groups is 4. The predicted octanol–water partition coefficient (Wildman–Crippen LogP) is 5.75. The van der Waals surface area contributed by atoms with Gasteiger partial charge in [0.15, 0.2) is 0 Å². The van der Waals surface area contributed by atoms with Gasteiger partial charge in [0.1, 0.15) is 11.5 Å². The molecule has 3 aromatic rings. The lowest BCUT2D eigenvalue weighted by Gasteiger charge is -2.27. The van der Waals surface area contributed by atoms with Crippen molar-refractivity contribution in [3.63, 3.8) is 0 Å². The van der Waals surface area contributed by atoms with E-state index in [2.05, 4.69) is 10.6 Å². The molecule has 1 saturated carbocycles. The average molecular weight is 545 g/mol. The number of anilines is 2. The van der Waals surface area contributed by atoms with Crippen LogP contribution < -0.4 is 15.4 Å². The first kappa shape index (κ1) is 28.4. The summed E-state index contributed by atoms with van der Waals surface area (Å²) >= 11 is 0. The van der Waals surface area contributed by atoms with Crippen LogP contribution in [0.2, 0.25) is 0 Å². The summed E-state index contributed by atoms with van der Waals surface area (Å²) in [5.74, 6) is -2.53. The van der Waals surface area contributed by atoms with Crippen LogP contribution in [0.15, 0.2) is 66.7 Å². The van der Waals surface area contributed by atoms with Gasteiger partial charge in [0, 0.05) is 16.9 Å². The summed E-state index contributed by atoms with van der Waals surface area (Å²) in [6.07, 6.45) is 3.24. The number of aliphatic carboxylic acids is 2. The molecule has 3 aromatic carbocycles. The molecule has 0 aromatic heterocycles. The maximum Gasteiger partial charge on any atom is 0.307 e. The third-order valence-corrected chi connectivity index (χ3v) is 7.01. The van der Waals surface area contributed by atoms with Crippen LogP contribution in [0.5, 0.6) is 11.5 Å². The normalized spacial score (nSPS) is 16.5. The standard InChI is InChI=1S/C31H32N2O7/c1-2-20-18-23(33-30(37)25-8-3-4-9-26(25)31(38)39)12-15-27(20)40-24-13-10-22(11-14-24)32-29(36)21-7-5-6-19(16-21)17-28(34)35/h5-7,10-16,18,25-26H,2-4,8-9,17H2,1H3,(H,32,36)(H,33,37)(H,34,35)(H,38,39). The summed E-state index contributed by atoms with van der Waals surface area (Å²) in [6.45, 7) is 1.97. The van der Waals surface area contributed by atoms with E-state index in [1.54, 1.807) is 60.7 Å². The zero-order valence-corrected chi connectivity index (χ0v) is 22.2. The molecule has 40 heavy (non-hydrogen) atoms. The molecule has 4 rings (SSSR count). The monoisotopic (exact) mass is 544 g/mol. The van der Waals surface area contributed by atoms with Gasteiger partial charge in [-0.05, 0) is 85.0 Å². The highest BCUT2D eigenvalue weighted by atomic mass is 16.5.